The third-order valence-electron chi connectivity index (χ3n) is 5.25. The number of fused-ring (bicyclic) bond motifs is 1. The summed E-state index contributed by atoms with van der Waals surface area (Å²) < 4.78 is 0. The Morgan fingerprint density at radius 3 is 2.83 bits per heavy atom. The third kappa shape index (κ3) is 4.79. The number of nitrogens with zero attached hydrogens (tertiary/aromatic N) is 2. The molecular formula is C23H28N4OS2. The van der Waals surface area contributed by atoms with E-state index in [-0.39, 0.29) is 5.91 Å². The summed E-state index contributed by atoms with van der Waals surface area (Å²) in [6.45, 7) is 6.85. The van der Waals surface area contributed by atoms with E-state index in [1.807, 2.05) is 19.2 Å². The van der Waals surface area contributed by atoms with Gasteiger partial charge in [0.05, 0.1) is 5.69 Å². The van der Waals surface area contributed by atoms with Crippen LogP contribution in [0.4, 0.5) is 5.00 Å². The molecule has 0 aliphatic heterocycles. The third-order valence-corrected chi connectivity index (χ3v) is 7.32. The Morgan fingerprint density at radius 1 is 1.23 bits per heavy atom. The molecule has 3 aromatic rings. The molecule has 3 heterocycles. The van der Waals surface area contributed by atoms with Crippen LogP contribution in [0.1, 0.15) is 49.2 Å². The van der Waals surface area contributed by atoms with Crippen molar-refractivity contribution < 1.29 is 4.79 Å². The molecule has 158 valence electrons. The van der Waals surface area contributed by atoms with E-state index < -0.39 is 0 Å². The van der Waals surface area contributed by atoms with Crippen molar-refractivity contribution in [2.24, 2.45) is 0 Å². The van der Waals surface area contributed by atoms with Crippen molar-refractivity contribution in [1.29, 1.82) is 0 Å². The van der Waals surface area contributed by atoms with E-state index >= 15 is 0 Å². The number of amides is 1. The van der Waals surface area contributed by atoms with Gasteiger partial charge in [-0.15, -0.1) is 22.7 Å². The first-order chi connectivity index (χ1) is 14.5. The van der Waals surface area contributed by atoms with Crippen molar-refractivity contribution in [2.75, 3.05) is 11.9 Å². The molecule has 2 N–H and O–H groups in total. The molecule has 0 atom stereocenters. The lowest BCUT2D eigenvalue weighted by Gasteiger charge is -2.12. The van der Waals surface area contributed by atoms with Gasteiger partial charge >= 0.3 is 0 Å². The van der Waals surface area contributed by atoms with E-state index in [2.05, 4.69) is 40.9 Å². The second-order valence-corrected chi connectivity index (χ2v) is 10.0. The first kappa shape index (κ1) is 21.2. The summed E-state index contributed by atoms with van der Waals surface area (Å²) in [5.41, 5.74) is 5.48. The Kier molecular flexibility index (Phi) is 6.61. The van der Waals surface area contributed by atoms with Crippen LogP contribution in [0, 0.1) is 6.92 Å². The van der Waals surface area contributed by atoms with E-state index in [0.29, 0.717) is 19.0 Å². The number of nitrogens with one attached hydrogen (secondary N) is 2. The Bertz CT molecular complexity index is 1020. The first-order valence-electron chi connectivity index (χ1n) is 10.6. The Hall–Kier alpha value is -2.09. The topological polar surface area (TPSA) is 66.9 Å². The summed E-state index contributed by atoms with van der Waals surface area (Å²) in [6.07, 6.45) is 6.92. The smallest absolute Gasteiger partial charge is 0.226 e. The predicted octanol–water partition coefficient (Wildman–Crippen LogP) is 5.45. The van der Waals surface area contributed by atoms with Crippen LogP contribution in [-0.2, 0) is 17.6 Å². The van der Waals surface area contributed by atoms with Gasteiger partial charge in [-0.05, 0) is 50.3 Å². The van der Waals surface area contributed by atoms with E-state index in [4.69, 9.17) is 4.98 Å². The van der Waals surface area contributed by atoms with Gasteiger partial charge in [0, 0.05) is 52.3 Å². The van der Waals surface area contributed by atoms with Crippen LogP contribution >= 0.6 is 22.7 Å². The summed E-state index contributed by atoms with van der Waals surface area (Å²) in [6, 6.07) is 4.46. The number of rotatable bonds is 7. The van der Waals surface area contributed by atoms with Crippen molar-refractivity contribution in [3.8, 4) is 21.8 Å². The highest BCUT2D eigenvalue weighted by Crippen LogP contribution is 2.45. The Labute approximate surface area is 186 Å². The summed E-state index contributed by atoms with van der Waals surface area (Å²) in [5.74, 6) is 0.0579. The number of thiazole rings is 1. The van der Waals surface area contributed by atoms with Crippen LogP contribution in [0.2, 0.25) is 0 Å². The normalized spacial score (nSPS) is 13.5. The molecule has 7 heteroatoms. The Balaban J connectivity index is 1.61. The summed E-state index contributed by atoms with van der Waals surface area (Å²) in [5, 5.41) is 10.5. The van der Waals surface area contributed by atoms with Gasteiger partial charge in [-0.25, -0.2) is 4.98 Å². The molecule has 0 unspecified atom stereocenters. The number of anilines is 1. The second-order valence-electron chi connectivity index (χ2n) is 8.05. The fourth-order valence-electron chi connectivity index (χ4n) is 3.68. The maximum absolute atomic E-state index is 12.6. The summed E-state index contributed by atoms with van der Waals surface area (Å²) >= 11 is 3.38. The molecule has 1 amide bonds. The SMILES string of the molecule is Cc1ccc(-c2csc(-c3c(NC(=O)CCNC(C)C)sc4c3CCCC4)n2)cn1. The van der Waals surface area contributed by atoms with E-state index in [1.165, 1.54) is 23.3 Å². The van der Waals surface area contributed by atoms with Crippen LogP contribution in [-0.4, -0.2) is 28.5 Å². The average molecular weight is 441 g/mol. The van der Waals surface area contributed by atoms with E-state index in [9.17, 15) is 4.79 Å². The lowest BCUT2D eigenvalue weighted by molar-refractivity contribution is -0.116. The number of hydrogen-bond donors (Lipinski definition) is 2. The van der Waals surface area contributed by atoms with Crippen LogP contribution in [0.25, 0.3) is 21.8 Å². The first-order valence-corrected chi connectivity index (χ1v) is 12.3. The minimum absolute atomic E-state index is 0.0579. The van der Waals surface area contributed by atoms with Crippen LogP contribution in [0.3, 0.4) is 0 Å². The van der Waals surface area contributed by atoms with Crippen molar-refractivity contribution in [3.05, 3.63) is 39.8 Å². The number of hydrogen-bond acceptors (Lipinski definition) is 6. The molecule has 1 aliphatic rings. The molecule has 0 saturated carbocycles. The van der Waals surface area contributed by atoms with Crippen LogP contribution in [0.5, 0.6) is 0 Å². The van der Waals surface area contributed by atoms with E-state index in [0.717, 1.165) is 45.4 Å². The van der Waals surface area contributed by atoms with Crippen molar-refractivity contribution in [3.63, 3.8) is 0 Å². The average Bonchev–Trinajstić information content (AvgIpc) is 3.32. The van der Waals surface area contributed by atoms with Gasteiger partial charge in [-0.1, -0.05) is 13.8 Å². The number of thiophene rings is 1. The Morgan fingerprint density at radius 2 is 2.07 bits per heavy atom. The molecule has 4 rings (SSSR count). The monoisotopic (exact) mass is 440 g/mol. The second kappa shape index (κ2) is 9.37. The minimum atomic E-state index is 0.0579. The molecule has 1 aliphatic carbocycles. The quantitative estimate of drug-likeness (QED) is 0.513. The molecule has 0 aromatic carbocycles. The van der Waals surface area contributed by atoms with Gasteiger partial charge in [-0.2, -0.15) is 0 Å². The molecule has 0 radical (unpaired) electrons. The van der Waals surface area contributed by atoms with Gasteiger partial charge in [-0.3, -0.25) is 9.78 Å². The van der Waals surface area contributed by atoms with Crippen molar-refractivity contribution in [1.82, 2.24) is 15.3 Å². The molecule has 0 bridgehead atoms. The highest BCUT2D eigenvalue weighted by molar-refractivity contribution is 7.18. The summed E-state index contributed by atoms with van der Waals surface area (Å²) in [4.78, 5) is 23.3. The maximum Gasteiger partial charge on any atom is 0.226 e. The van der Waals surface area contributed by atoms with Crippen LogP contribution in [0.15, 0.2) is 23.7 Å². The molecule has 0 saturated heterocycles. The minimum Gasteiger partial charge on any atom is -0.317 e. The van der Waals surface area contributed by atoms with Gasteiger partial charge < -0.3 is 10.6 Å². The molecular weight excluding hydrogens is 412 g/mol. The zero-order valence-electron chi connectivity index (χ0n) is 17.7. The van der Waals surface area contributed by atoms with Crippen LogP contribution < -0.4 is 10.6 Å². The standard InChI is InChI=1S/C23H28N4OS2/c1-14(2)24-11-10-20(28)27-23-21(17-6-4-5-7-19(17)30-23)22-26-18(13-29-22)16-9-8-15(3)25-12-16/h8-9,12-14,24H,4-7,10-11H2,1-3H3,(H,27,28). The predicted molar refractivity (Wildman–Crippen MR) is 126 cm³/mol. The number of carbonyl (C=O) groups excluding carboxylic acids is 1. The highest BCUT2D eigenvalue weighted by atomic mass is 32.1. The lowest BCUT2D eigenvalue weighted by atomic mass is 9.95. The fraction of sp³-hybridized carbons (Fsp3) is 0.435. The van der Waals surface area contributed by atoms with Gasteiger partial charge in [0.2, 0.25) is 5.91 Å². The van der Waals surface area contributed by atoms with E-state index in [1.54, 1.807) is 22.7 Å². The molecule has 3 aromatic heterocycles. The molecule has 30 heavy (non-hydrogen) atoms. The zero-order chi connectivity index (χ0) is 21.1. The summed E-state index contributed by atoms with van der Waals surface area (Å²) in [7, 11) is 0. The number of aromatic nitrogens is 2. The van der Waals surface area contributed by atoms with Crippen molar-refractivity contribution in [2.45, 2.75) is 58.9 Å². The lowest BCUT2D eigenvalue weighted by Crippen LogP contribution is -2.27. The van der Waals surface area contributed by atoms with Gasteiger partial charge in [0.25, 0.3) is 0 Å². The highest BCUT2D eigenvalue weighted by Gasteiger charge is 2.25. The van der Waals surface area contributed by atoms with Gasteiger partial charge in [0.15, 0.2) is 0 Å². The fourth-order valence-corrected chi connectivity index (χ4v) is 5.96. The number of carbonyl (C=O) groups is 1. The maximum atomic E-state index is 12.6. The zero-order valence-corrected chi connectivity index (χ0v) is 19.4. The number of pyridine rings is 1. The van der Waals surface area contributed by atoms with Gasteiger partial charge in [0.1, 0.15) is 10.0 Å². The molecule has 0 fully saturated rings. The number of aryl methyl sites for hydroxylation is 2. The largest absolute Gasteiger partial charge is 0.317 e. The van der Waals surface area contributed by atoms with Crippen molar-refractivity contribution >= 4 is 33.6 Å². The molecule has 5 nitrogen and oxygen atoms in total. The molecule has 0 spiro atoms.